The minimum absolute atomic E-state index is 0.0137. The Labute approximate surface area is 104 Å². The van der Waals surface area contributed by atoms with Crippen LogP contribution < -0.4 is 5.32 Å². The molecule has 1 aromatic carbocycles. The Morgan fingerprint density at radius 2 is 1.89 bits per heavy atom. The molecule has 0 unspecified atom stereocenters. The van der Waals surface area contributed by atoms with E-state index in [9.17, 15) is 9.59 Å². The number of benzene rings is 1. The largest absolute Gasteiger partial charge is 0.364 e. The fraction of sp³-hybridized carbons (Fsp3) is 0.154. The lowest BCUT2D eigenvalue weighted by molar-refractivity contribution is 0.101. The number of nitrogens with zero attached hydrogens (tertiary/aromatic N) is 1. The van der Waals surface area contributed by atoms with E-state index in [-0.39, 0.29) is 17.4 Å². The molecule has 92 valence electrons. The summed E-state index contributed by atoms with van der Waals surface area (Å²) >= 11 is 0. The van der Waals surface area contributed by atoms with Gasteiger partial charge in [0.05, 0.1) is 0 Å². The topological polar surface area (TPSA) is 72.2 Å². The van der Waals surface area contributed by atoms with Gasteiger partial charge in [0.15, 0.2) is 11.5 Å². The van der Waals surface area contributed by atoms with Crippen molar-refractivity contribution in [2.75, 3.05) is 5.32 Å². The fourth-order valence-electron chi connectivity index (χ4n) is 1.49. The Bertz CT molecular complexity index is 585. The molecule has 5 nitrogen and oxygen atoms in total. The number of amides is 1. The van der Waals surface area contributed by atoms with Crippen LogP contribution in [0.4, 0.5) is 5.69 Å². The third-order valence-corrected chi connectivity index (χ3v) is 2.51. The summed E-state index contributed by atoms with van der Waals surface area (Å²) in [7, 11) is 0. The van der Waals surface area contributed by atoms with Crippen LogP contribution in [0, 0.1) is 6.92 Å². The summed E-state index contributed by atoms with van der Waals surface area (Å²) in [4.78, 5) is 22.9. The predicted octanol–water partition coefficient (Wildman–Crippen LogP) is 2.44. The molecule has 0 aliphatic heterocycles. The van der Waals surface area contributed by atoms with Crippen molar-refractivity contribution in [1.82, 2.24) is 5.16 Å². The summed E-state index contributed by atoms with van der Waals surface area (Å²) in [5.41, 5.74) is 2.14. The average Bonchev–Trinajstić information content (AvgIpc) is 2.76. The maximum atomic E-state index is 11.8. The number of carbonyl (C=O) groups excluding carboxylic acids is 2. The Hall–Kier alpha value is -2.43. The van der Waals surface area contributed by atoms with Crippen molar-refractivity contribution in [1.29, 1.82) is 0 Å². The zero-order chi connectivity index (χ0) is 13.1. The second kappa shape index (κ2) is 4.83. The zero-order valence-electron chi connectivity index (χ0n) is 10.1. The van der Waals surface area contributed by atoms with Crippen LogP contribution in [0.3, 0.4) is 0 Å². The average molecular weight is 244 g/mol. The summed E-state index contributed by atoms with van der Waals surface area (Å²) in [5, 5.41) is 6.30. The van der Waals surface area contributed by atoms with E-state index < -0.39 is 0 Å². The number of hydrogen-bond donors (Lipinski definition) is 1. The molecule has 0 saturated heterocycles. The lowest BCUT2D eigenvalue weighted by Crippen LogP contribution is -2.13. The van der Waals surface area contributed by atoms with Crippen molar-refractivity contribution in [3.63, 3.8) is 0 Å². The molecule has 18 heavy (non-hydrogen) atoms. The SMILES string of the molecule is CC(=O)c1ccc(NC(=O)c2nocc2C)cc1. The van der Waals surface area contributed by atoms with Gasteiger partial charge in [0.25, 0.3) is 5.91 Å². The van der Waals surface area contributed by atoms with E-state index in [0.717, 1.165) is 0 Å². The number of Topliss-reactive ketones (excluding diaryl/α,β-unsaturated/α-hetero) is 1. The maximum Gasteiger partial charge on any atom is 0.278 e. The zero-order valence-corrected chi connectivity index (χ0v) is 10.1. The first kappa shape index (κ1) is 12.0. The Balaban J connectivity index is 2.13. The van der Waals surface area contributed by atoms with Crippen molar-refractivity contribution in [3.8, 4) is 0 Å². The number of ketones is 1. The van der Waals surface area contributed by atoms with Crippen LogP contribution in [0.2, 0.25) is 0 Å². The first-order chi connectivity index (χ1) is 8.58. The highest BCUT2D eigenvalue weighted by molar-refractivity contribution is 6.04. The molecule has 0 radical (unpaired) electrons. The fourth-order valence-corrected chi connectivity index (χ4v) is 1.49. The Morgan fingerprint density at radius 1 is 1.22 bits per heavy atom. The van der Waals surface area contributed by atoms with Gasteiger partial charge in [-0.25, -0.2) is 0 Å². The van der Waals surface area contributed by atoms with Gasteiger partial charge in [-0.1, -0.05) is 5.16 Å². The van der Waals surface area contributed by atoms with Gasteiger partial charge in [0, 0.05) is 16.8 Å². The quantitative estimate of drug-likeness (QED) is 0.841. The van der Waals surface area contributed by atoms with Crippen LogP contribution >= 0.6 is 0 Å². The molecular weight excluding hydrogens is 232 g/mol. The van der Waals surface area contributed by atoms with Gasteiger partial charge < -0.3 is 9.84 Å². The van der Waals surface area contributed by atoms with E-state index in [0.29, 0.717) is 16.8 Å². The van der Waals surface area contributed by atoms with Crippen LogP contribution in [0.15, 0.2) is 35.1 Å². The molecule has 1 aromatic heterocycles. The lowest BCUT2D eigenvalue weighted by atomic mass is 10.1. The molecule has 0 aliphatic carbocycles. The number of anilines is 1. The second-order valence-electron chi connectivity index (χ2n) is 3.93. The molecule has 0 saturated carbocycles. The monoisotopic (exact) mass is 244 g/mol. The van der Waals surface area contributed by atoms with Crippen molar-refractivity contribution in [2.24, 2.45) is 0 Å². The molecule has 0 atom stereocenters. The maximum absolute atomic E-state index is 11.8. The van der Waals surface area contributed by atoms with Crippen molar-refractivity contribution < 1.29 is 14.1 Å². The number of hydrogen-bond acceptors (Lipinski definition) is 4. The van der Waals surface area contributed by atoms with E-state index >= 15 is 0 Å². The van der Waals surface area contributed by atoms with E-state index in [4.69, 9.17) is 4.52 Å². The molecule has 0 bridgehead atoms. The molecule has 0 fully saturated rings. The smallest absolute Gasteiger partial charge is 0.278 e. The third kappa shape index (κ3) is 2.45. The van der Waals surface area contributed by atoms with E-state index in [1.807, 2.05) is 0 Å². The van der Waals surface area contributed by atoms with Crippen LogP contribution in [-0.2, 0) is 0 Å². The van der Waals surface area contributed by atoms with Crippen molar-refractivity contribution >= 4 is 17.4 Å². The summed E-state index contributed by atoms with van der Waals surface area (Å²) in [6.45, 7) is 3.23. The van der Waals surface area contributed by atoms with E-state index in [1.165, 1.54) is 13.2 Å². The minimum Gasteiger partial charge on any atom is -0.364 e. The Kier molecular flexibility index (Phi) is 3.23. The summed E-state index contributed by atoms with van der Waals surface area (Å²) < 4.78 is 4.70. The third-order valence-electron chi connectivity index (χ3n) is 2.51. The van der Waals surface area contributed by atoms with E-state index in [2.05, 4.69) is 10.5 Å². The molecule has 2 rings (SSSR count). The number of nitrogens with one attached hydrogen (secondary N) is 1. The highest BCUT2D eigenvalue weighted by Gasteiger charge is 2.13. The predicted molar refractivity (Wildman–Crippen MR) is 65.6 cm³/mol. The van der Waals surface area contributed by atoms with Crippen LogP contribution in [0.25, 0.3) is 0 Å². The highest BCUT2D eigenvalue weighted by atomic mass is 16.5. The van der Waals surface area contributed by atoms with Gasteiger partial charge in [-0.15, -0.1) is 0 Å². The molecule has 0 aliphatic rings. The minimum atomic E-state index is -0.336. The second-order valence-corrected chi connectivity index (χ2v) is 3.93. The van der Waals surface area contributed by atoms with Gasteiger partial charge in [-0.05, 0) is 38.1 Å². The molecule has 1 N–H and O–H groups in total. The van der Waals surface area contributed by atoms with Crippen LogP contribution in [0.5, 0.6) is 0 Å². The first-order valence-electron chi connectivity index (χ1n) is 5.41. The summed E-state index contributed by atoms with van der Waals surface area (Å²) in [6, 6.07) is 6.66. The number of aromatic nitrogens is 1. The molecule has 1 amide bonds. The van der Waals surface area contributed by atoms with Gasteiger partial charge in [-0.2, -0.15) is 0 Å². The molecular formula is C13H12N2O3. The van der Waals surface area contributed by atoms with Gasteiger partial charge in [0.2, 0.25) is 0 Å². The van der Waals surface area contributed by atoms with Crippen molar-refractivity contribution in [2.45, 2.75) is 13.8 Å². The van der Waals surface area contributed by atoms with Crippen LogP contribution in [0.1, 0.15) is 33.3 Å². The number of rotatable bonds is 3. The summed E-state index contributed by atoms with van der Waals surface area (Å²) in [6.07, 6.45) is 1.41. The Morgan fingerprint density at radius 3 is 2.39 bits per heavy atom. The van der Waals surface area contributed by atoms with Gasteiger partial charge in [-0.3, -0.25) is 9.59 Å². The first-order valence-corrected chi connectivity index (χ1v) is 5.41. The standard InChI is InChI=1S/C13H12N2O3/c1-8-7-18-15-12(8)13(17)14-11-5-3-10(4-6-11)9(2)16/h3-7H,1-2H3,(H,14,17). The summed E-state index contributed by atoms with van der Waals surface area (Å²) in [5.74, 6) is -0.350. The molecule has 0 spiro atoms. The molecule has 2 aromatic rings. The van der Waals surface area contributed by atoms with Gasteiger partial charge in [0.1, 0.15) is 6.26 Å². The molecule has 1 heterocycles. The number of carbonyl (C=O) groups is 2. The highest BCUT2D eigenvalue weighted by Crippen LogP contribution is 2.12. The van der Waals surface area contributed by atoms with Crippen molar-refractivity contribution in [3.05, 3.63) is 47.3 Å². The molecule has 5 heteroatoms. The lowest BCUT2D eigenvalue weighted by Gasteiger charge is -2.04. The van der Waals surface area contributed by atoms with Crippen LogP contribution in [-0.4, -0.2) is 16.8 Å². The van der Waals surface area contributed by atoms with E-state index in [1.54, 1.807) is 31.2 Å². The van der Waals surface area contributed by atoms with Gasteiger partial charge >= 0.3 is 0 Å². The normalized spacial score (nSPS) is 10.1. The number of aryl methyl sites for hydroxylation is 1.